The van der Waals surface area contributed by atoms with E-state index in [0.717, 1.165) is 53.3 Å². The molecule has 2 atom stereocenters. The SMILES string of the molecule is CC(=O)N(C)c1ncc(-c2ccc3nc(OCCC4(c5cnno5)CCNCC4C(C)C)sc3n2)cn1. The van der Waals surface area contributed by atoms with Crippen molar-refractivity contribution in [1.29, 1.82) is 0 Å². The number of carbonyl (C=O) groups excluding carboxylic acids is 1. The van der Waals surface area contributed by atoms with Crippen molar-refractivity contribution in [3.05, 3.63) is 36.5 Å². The first kappa shape index (κ1) is 25.2. The minimum atomic E-state index is -0.187. The van der Waals surface area contributed by atoms with Crippen molar-refractivity contribution < 1.29 is 14.1 Å². The molecule has 0 saturated carbocycles. The zero-order chi connectivity index (χ0) is 26.0. The Morgan fingerprint density at radius 3 is 2.78 bits per heavy atom. The van der Waals surface area contributed by atoms with E-state index in [4.69, 9.17) is 14.2 Å². The van der Waals surface area contributed by atoms with E-state index in [2.05, 4.69) is 44.5 Å². The molecule has 0 radical (unpaired) electrons. The van der Waals surface area contributed by atoms with Crippen LogP contribution in [0.15, 0.2) is 35.2 Å². The molecule has 1 aliphatic rings. The summed E-state index contributed by atoms with van der Waals surface area (Å²) in [6.45, 7) is 8.28. The summed E-state index contributed by atoms with van der Waals surface area (Å²) in [5.41, 5.74) is 2.07. The normalized spacial score (nSPS) is 19.9. The van der Waals surface area contributed by atoms with E-state index in [0.29, 0.717) is 29.6 Å². The van der Waals surface area contributed by atoms with Crippen LogP contribution in [0.3, 0.4) is 0 Å². The summed E-state index contributed by atoms with van der Waals surface area (Å²) in [5.74, 6) is 1.88. The molecular formula is C25H30N8O3S. The first-order valence-electron chi connectivity index (χ1n) is 12.3. The molecule has 1 N–H and O–H groups in total. The fraction of sp³-hybridized carbons (Fsp3) is 0.480. The number of thiazole rings is 1. The smallest absolute Gasteiger partial charge is 0.275 e. The molecule has 1 amide bonds. The molecule has 37 heavy (non-hydrogen) atoms. The third kappa shape index (κ3) is 5.03. The molecule has 0 aromatic carbocycles. The Kier molecular flexibility index (Phi) is 7.11. The molecular weight excluding hydrogens is 492 g/mol. The molecule has 2 unspecified atom stereocenters. The van der Waals surface area contributed by atoms with Crippen LogP contribution in [0.2, 0.25) is 0 Å². The predicted octanol–water partition coefficient (Wildman–Crippen LogP) is 3.49. The molecule has 12 heteroatoms. The van der Waals surface area contributed by atoms with E-state index in [1.165, 1.54) is 23.2 Å². The number of rotatable bonds is 8. The van der Waals surface area contributed by atoms with Crippen LogP contribution in [0.1, 0.15) is 39.4 Å². The van der Waals surface area contributed by atoms with E-state index in [1.54, 1.807) is 25.6 Å². The van der Waals surface area contributed by atoms with Gasteiger partial charge in [0, 0.05) is 42.6 Å². The number of nitrogens with zero attached hydrogens (tertiary/aromatic N) is 7. The van der Waals surface area contributed by atoms with E-state index in [9.17, 15) is 4.79 Å². The maximum atomic E-state index is 11.5. The number of pyridine rings is 1. The Balaban J connectivity index is 1.31. The second kappa shape index (κ2) is 10.5. The lowest BCUT2D eigenvalue weighted by Crippen LogP contribution is -2.50. The molecule has 1 fully saturated rings. The summed E-state index contributed by atoms with van der Waals surface area (Å²) in [5, 5.41) is 11.8. The maximum absolute atomic E-state index is 11.5. The van der Waals surface area contributed by atoms with Crippen LogP contribution in [-0.4, -0.2) is 63.0 Å². The van der Waals surface area contributed by atoms with Crippen LogP contribution in [0, 0.1) is 11.8 Å². The molecule has 5 heterocycles. The molecule has 0 spiro atoms. The lowest BCUT2D eigenvalue weighted by atomic mass is 9.63. The van der Waals surface area contributed by atoms with Crippen LogP contribution in [0.4, 0.5) is 5.95 Å². The highest BCUT2D eigenvalue weighted by molar-refractivity contribution is 7.19. The van der Waals surface area contributed by atoms with Crippen LogP contribution >= 0.6 is 11.3 Å². The zero-order valence-corrected chi connectivity index (χ0v) is 22.2. The van der Waals surface area contributed by atoms with Gasteiger partial charge >= 0.3 is 0 Å². The average Bonchev–Trinajstić information content (AvgIpc) is 3.58. The van der Waals surface area contributed by atoms with Gasteiger partial charge in [-0.15, -0.1) is 5.10 Å². The Morgan fingerprint density at radius 1 is 1.27 bits per heavy atom. The first-order chi connectivity index (χ1) is 17.9. The number of aromatic nitrogens is 6. The quantitative estimate of drug-likeness (QED) is 0.367. The van der Waals surface area contributed by atoms with Crippen LogP contribution in [-0.2, 0) is 10.2 Å². The summed E-state index contributed by atoms with van der Waals surface area (Å²) >= 11 is 1.41. The van der Waals surface area contributed by atoms with Crippen molar-refractivity contribution in [3.8, 4) is 16.5 Å². The second-order valence-corrected chi connectivity index (χ2v) is 10.6. The Labute approximate surface area is 218 Å². The third-order valence-electron chi connectivity index (χ3n) is 7.19. The highest BCUT2D eigenvalue weighted by atomic mass is 32.1. The summed E-state index contributed by atoms with van der Waals surface area (Å²) in [6, 6.07) is 3.80. The van der Waals surface area contributed by atoms with Gasteiger partial charge in [0.1, 0.15) is 10.3 Å². The highest BCUT2D eigenvalue weighted by Gasteiger charge is 2.46. The van der Waals surface area contributed by atoms with Crippen molar-refractivity contribution in [2.45, 2.75) is 39.0 Å². The lowest BCUT2D eigenvalue weighted by Gasteiger charge is -2.44. The van der Waals surface area contributed by atoms with Gasteiger partial charge in [0.15, 0.2) is 5.76 Å². The molecule has 5 rings (SSSR count). The summed E-state index contributed by atoms with van der Waals surface area (Å²) in [7, 11) is 1.64. The number of ether oxygens (including phenoxy) is 1. The molecule has 4 aromatic heterocycles. The highest BCUT2D eigenvalue weighted by Crippen LogP contribution is 2.44. The van der Waals surface area contributed by atoms with Gasteiger partial charge in [0.2, 0.25) is 11.9 Å². The molecule has 0 bridgehead atoms. The van der Waals surface area contributed by atoms with Crippen LogP contribution in [0.5, 0.6) is 5.19 Å². The van der Waals surface area contributed by atoms with Gasteiger partial charge in [0.05, 0.1) is 18.5 Å². The van der Waals surface area contributed by atoms with Crippen molar-refractivity contribution in [3.63, 3.8) is 0 Å². The summed E-state index contributed by atoms with van der Waals surface area (Å²) in [4.78, 5) is 31.6. The van der Waals surface area contributed by atoms with E-state index in [-0.39, 0.29) is 11.3 Å². The monoisotopic (exact) mass is 522 g/mol. The standard InChI is InChI=1S/C25H30N8O3S/c1-15(2)18-13-26-9-7-25(18,21-14-29-32-36-21)8-10-35-24-31-20-6-5-19(30-22(20)37-24)17-11-27-23(28-12-17)33(4)16(3)34/h5-6,11-12,14-15,18,26H,7-10,13H2,1-4H3. The molecule has 194 valence electrons. The van der Waals surface area contributed by atoms with Gasteiger partial charge in [-0.3, -0.25) is 9.69 Å². The number of hydrogen-bond donors (Lipinski definition) is 1. The molecule has 4 aromatic rings. The van der Waals surface area contributed by atoms with Crippen LogP contribution in [0.25, 0.3) is 21.6 Å². The number of amides is 1. The maximum Gasteiger partial charge on any atom is 0.275 e. The van der Waals surface area contributed by atoms with E-state index < -0.39 is 0 Å². The lowest BCUT2D eigenvalue weighted by molar-refractivity contribution is -0.116. The summed E-state index contributed by atoms with van der Waals surface area (Å²) < 4.78 is 11.8. The fourth-order valence-electron chi connectivity index (χ4n) is 5.06. The topological polar surface area (TPSA) is 132 Å². The van der Waals surface area contributed by atoms with Gasteiger partial charge in [-0.1, -0.05) is 25.2 Å². The number of carbonyl (C=O) groups is 1. The minimum absolute atomic E-state index is 0.132. The van der Waals surface area contributed by atoms with Crippen LogP contribution < -0.4 is 15.0 Å². The number of fused-ring (bicyclic) bond motifs is 1. The van der Waals surface area contributed by atoms with Gasteiger partial charge in [-0.2, -0.15) is 0 Å². The molecule has 1 aliphatic heterocycles. The predicted molar refractivity (Wildman–Crippen MR) is 139 cm³/mol. The average molecular weight is 523 g/mol. The number of piperidine rings is 1. The van der Waals surface area contributed by atoms with Gasteiger partial charge in [-0.25, -0.2) is 19.9 Å². The fourth-order valence-corrected chi connectivity index (χ4v) is 5.87. The van der Waals surface area contributed by atoms with E-state index >= 15 is 0 Å². The molecule has 1 saturated heterocycles. The van der Waals surface area contributed by atoms with Crippen molar-refractivity contribution >= 4 is 33.5 Å². The third-order valence-corrected chi connectivity index (χ3v) is 8.07. The van der Waals surface area contributed by atoms with Crippen molar-refractivity contribution in [2.24, 2.45) is 11.8 Å². The van der Waals surface area contributed by atoms with Crippen molar-refractivity contribution in [1.82, 2.24) is 35.6 Å². The second-order valence-electron chi connectivity index (χ2n) is 9.69. The van der Waals surface area contributed by atoms with Gasteiger partial charge < -0.3 is 14.6 Å². The number of anilines is 1. The Morgan fingerprint density at radius 2 is 2.08 bits per heavy atom. The summed E-state index contributed by atoms with van der Waals surface area (Å²) in [6.07, 6.45) is 6.79. The minimum Gasteiger partial charge on any atom is -0.470 e. The van der Waals surface area contributed by atoms with Gasteiger partial charge in [0.25, 0.3) is 5.19 Å². The molecule has 11 nitrogen and oxygen atoms in total. The Bertz CT molecular complexity index is 1360. The first-order valence-corrected chi connectivity index (χ1v) is 13.1. The largest absolute Gasteiger partial charge is 0.470 e. The molecule has 0 aliphatic carbocycles. The van der Waals surface area contributed by atoms with E-state index in [1.807, 2.05) is 12.1 Å². The number of hydrogen-bond acceptors (Lipinski definition) is 11. The van der Waals surface area contributed by atoms with Gasteiger partial charge in [-0.05, 0) is 49.9 Å². The zero-order valence-electron chi connectivity index (χ0n) is 21.3. The number of nitrogens with one attached hydrogen (secondary N) is 1. The Hall–Kier alpha value is -3.51. The van der Waals surface area contributed by atoms with Crippen molar-refractivity contribution in [2.75, 3.05) is 31.6 Å².